The summed E-state index contributed by atoms with van der Waals surface area (Å²) in [5, 5.41) is 3.58. The molecule has 0 aliphatic heterocycles. The number of anilines is 1. The summed E-state index contributed by atoms with van der Waals surface area (Å²) in [6, 6.07) is 5.06. The van der Waals surface area contributed by atoms with Gasteiger partial charge in [-0.3, -0.25) is 4.98 Å². The van der Waals surface area contributed by atoms with Crippen molar-refractivity contribution in [2.75, 3.05) is 12.4 Å². The maximum Gasteiger partial charge on any atom is 0.134 e. The molecule has 2 nitrogen and oxygen atoms in total. The Morgan fingerprint density at radius 1 is 1.28 bits per heavy atom. The molecule has 0 amide bonds. The van der Waals surface area contributed by atoms with Gasteiger partial charge in [0.25, 0.3) is 0 Å². The highest BCUT2D eigenvalue weighted by molar-refractivity contribution is 9.10. The van der Waals surface area contributed by atoms with Crippen molar-refractivity contribution in [2.45, 2.75) is 26.2 Å². The van der Waals surface area contributed by atoms with Crippen LogP contribution in [0, 0.1) is 5.82 Å². The third kappa shape index (κ3) is 2.21. The summed E-state index contributed by atoms with van der Waals surface area (Å²) in [5.41, 5.74) is 2.28. The SMILES string of the molecule is CNc1cc(C(C)(C)C)nc2c(Br)ccc(F)c12. The Balaban J connectivity index is 2.88. The monoisotopic (exact) mass is 310 g/mol. The van der Waals surface area contributed by atoms with Crippen molar-refractivity contribution < 1.29 is 4.39 Å². The third-order valence-electron chi connectivity index (χ3n) is 2.90. The Kier molecular flexibility index (Phi) is 3.32. The van der Waals surface area contributed by atoms with Crippen LogP contribution in [0.3, 0.4) is 0 Å². The Hall–Kier alpha value is -1.16. The number of halogens is 2. The number of benzene rings is 1. The molecule has 2 rings (SSSR count). The van der Waals surface area contributed by atoms with Gasteiger partial charge in [-0.2, -0.15) is 0 Å². The second kappa shape index (κ2) is 4.50. The maximum absolute atomic E-state index is 13.9. The lowest BCUT2D eigenvalue weighted by Crippen LogP contribution is -2.14. The average molecular weight is 311 g/mol. The standard InChI is InChI=1S/C14H16BrFN2/c1-14(2,3)11-7-10(17-4)12-9(16)6-5-8(15)13(12)18-11/h5-7H,1-4H3,(H,17,18). The topological polar surface area (TPSA) is 24.9 Å². The molecule has 4 heteroatoms. The molecule has 1 heterocycles. The molecular weight excluding hydrogens is 295 g/mol. The zero-order valence-corrected chi connectivity index (χ0v) is 12.5. The van der Waals surface area contributed by atoms with Crippen molar-refractivity contribution in [1.29, 1.82) is 0 Å². The molecule has 96 valence electrons. The van der Waals surface area contributed by atoms with E-state index in [9.17, 15) is 4.39 Å². The highest BCUT2D eigenvalue weighted by Gasteiger charge is 2.19. The predicted octanol–water partition coefficient (Wildman–Crippen LogP) is 4.48. The quantitative estimate of drug-likeness (QED) is 0.840. The molecule has 0 bridgehead atoms. The van der Waals surface area contributed by atoms with E-state index in [2.05, 4.69) is 47.0 Å². The lowest BCUT2D eigenvalue weighted by Gasteiger charge is -2.20. The molecule has 0 spiro atoms. The van der Waals surface area contributed by atoms with Crippen LogP contribution in [-0.2, 0) is 5.41 Å². The van der Waals surface area contributed by atoms with Gasteiger partial charge in [-0.1, -0.05) is 20.8 Å². The predicted molar refractivity (Wildman–Crippen MR) is 77.6 cm³/mol. The molecule has 0 radical (unpaired) electrons. The highest BCUT2D eigenvalue weighted by Crippen LogP contribution is 2.34. The summed E-state index contributed by atoms with van der Waals surface area (Å²) in [5.74, 6) is -0.259. The van der Waals surface area contributed by atoms with Gasteiger partial charge in [0.2, 0.25) is 0 Å². The minimum absolute atomic E-state index is 0.0778. The highest BCUT2D eigenvalue weighted by atomic mass is 79.9. The molecule has 0 unspecified atom stereocenters. The molecule has 1 aromatic carbocycles. The van der Waals surface area contributed by atoms with Crippen molar-refractivity contribution >= 4 is 32.5 Å². The second-order valence-corrected chi connectivity index (χ2v) is 6.16. The minimum atomic E-state index is -0.259. The molecule has 18 heavy (non-hydrogen) atoms. The van der Waals surface area contributed by atoms with E-state index in [0.717, 1.165) is 15.9 Å². The van der Waals surface area contributed by atoms with Crippen LogP contribution in [0.5, 0.6) is 0 Å². The number of aromatic nitrogens is 1. The number of fused-ring (bicyclic) bond motifs is 1. The van der Waals surface area contributed by atoms with E-state index < -0.39 is 0 Å². The summed E-state index contributed by atoms with van der Waals surface area (Å²) in [7, 11) is 1.79. The number of rotatable bonds is 1. The molecular formula is C14H16BrFN2. The first-order chi connectivity index (χ1) is 8.34. The van der Waals surface area contributed by atoms with E-state index >= 15 is 0 Å². The van der Waals surface area contributed by atoms with Crippen LogP contribution in [0.25, 0.3) is 10.9 Å². The largest absolute Gasteiger partial charge is 0.387 e. The van der Waals surface area contributed by atoms with E-state index in [1.54, 1.807) is 13.1 Å². The maximum atomic E-state index is 13.9. The first kappa shape index (κ1) is 13.3. The molecule has 0 aliphatic rings. The first-order valence-corrected chi connectivity index (χ1v) is 6.61. The fraction of sp³-hybridized carbons (Fsp3) is 0.357. The summed E-state index contributed by atoms with van der Waals surface area (Å²) in [6.07, 6.45) is 0. The van der Waals surface area contributed by atoms with Crippen LogP contribution in [0.2, 0.25) is 0 Å². The smallest absolute Gasteiger partial charge is 0.134 e. The Bertz CT molecular complexity index is 603. The molecule has 0 aliphatic carbocycles. The lowest BCUT2D eigenvalue weighted by atomic mass is 9.90. The molecule has 0 fully saturated rings. The second-order valence-electron chi connectivity index (χ2n) is 5.31. The van der Waals surface area contributed by atoms with Gasteiger partial charge in [0.1, 0.15) is 5.82 Å². The van der Waals surface area contributed by atoms with Gasteiger partial charge >= 0.3 is 0 Å². The Morgan fingerprint density at radius 3 is 2.50 bits per heavy atom. The summed E-state index contributed by atoms with van der Waals surface area (Å²) < 4.78 is 14.7. The van der Waals surface area contributed by atoms with Gasteiger partial charge in [-0.25, -0.2) is 4.39 Å². The normalized spacial score (nSPS) is 11.9. The van der Waals surface area contributed by atoms with E-state index in [4.69, 9.17) is 0 Å². The zero-order valence-electron chi connectivity index (χ0n) is 10.9. The molecule has 0 saturated heterocycles. The minimum Gasteiger partial charge on any atom is -0.387 e. The Morgan fingerprint density at radius 2 is 1.94 bits per heavy atom. The Labute approximate surface area is 115 Å². The first-order valence-electron chi connectivity index (χ1n) is 5.81. The van der Waals surface area contributed by atoms with E-state index in [1.807, 2.05) is 6.07 Å². The van der Waals surface area contributed by atoms with Crippen molar-refractivity contribution in [3.63, 3.8) is 0 Å². The van der Waals surface area contributed by atoms with E-state index in [0.29, 0.717) is 10.9 Å². The van der Waals surface area contributed by atoms with E-state index in [-0.39, 0.29) is 11.2 Å². The summed E-state index contributed by atoms with van der Waals surface area (Å²) in [6.45, 7) is 6.27. The van der Waals surface area contributed by atoms with Gasteiger partial charge in [0.05, 0.1) is 10.9 Å². The van der Waals surface area contributed by atoms with Gasteiger partial charge in [0.15, 0.2) is 0 Å². The third-order valence-corrected chi connectivity index (χ3v) is 3.54. The number of nitrogens with zero attached hydrogens (tertiary/aromatic N) is 1. The number of hydrogen-bond acceptors (Lipinski definition) is 2. The number of nitrogens with one attached hydrogen (secondary N) is 1. The zero-order chi connectivity index (χ0) is 13.5. The average Bonchev–Trinajstić information content (AvgIpc) is 2.31. The van der Waals surface area contributed by atoms with Crippen LogP contribution in [0.4, 0.5) is 10.1 Å². The molecule has 1 aromatic heterocycles. The van der Waals surface area contributed by atoms with Crippen LogP contribution in [0.15, 0.2) is 22.7 Å². The number of pyridine rings is 1. The lowest BCUT2D eigenvalue weighted by molar-refractivity contribution is 0.571. The fourth-order valence-corrected chi connectivity index (χ4v) is 2.27. The number of hydrogen-bond donors (Lipinski definition) is 1. The van der Waals surface area contributed by atoms with Crippen LogP contribution < -0.4 is 5.32 Å². The summed E-state index contributed by atoms with van der Waals surface area (Å²) >= 11 is 3.44. The van der Waals surface area contributed by atoms with Gasteiger partial charge < -0.3 is 5.32 Å². The van der Waals surface area contributed by atoms with Crippen molar-refractivity contribution in [3.05, 3.63) is 34.2 Å². The van der Waals surface area contributed by atoms with Gasteiger partial charge in [0, 0.05) is 28.3 Å². The van der Waals surface area contributed by atoms with E-state index in [1.165, 1.54) is 6.07 Å². The van der Waals surface area contributed by atoms with Crippen LogP contribution >= 0.6 is 15.9 Å². The van der Waals surface area contributed by atoms with Crippen LogP contribution in [0.1, 0.15) is 26.5 Å². The van der Waals surface area contributed by atoms with Crippen molar-refractivity contribution in [1.82, 2.24) is 4.98 Å². The molecule has 2 aromatic rings. The fourth-order valence-electron chi connectivity index (χ4n) is 1.85. The van der Waals surface area contributed by atoms with Gasteiger partial charge in [-0.15, -0.1) is 0 Å². The van der Waals surface area contributed by atoms with Crippen molar-refractivity contribution in [3.8, 4) is 0 Å². The summed E-state index contributed by atoms with van der Waals surface area (Å²) in [4.78, 5) is 4.59. The van der Waals surface area contributed by atoms with Crippen LogP contribution in [-0.4, -0.2) is 12.0 Å². The van der Waals surface area contributed by atoms with Gasteiger partial charge in [-0.05, 0) is 34.1 Å². The molecule has 1 N–H and O–H groups in total. The molecule has 0 saturated carbocycles. The van der Waals surface area contributed by atoms with Crippen molar-refractivity contribution in [2.24, 2.45) is 0 Å². The molecule has 0 atom stereocenters.